The summed E-state index contributed by atoms with van der Waals surface area (Å²) in [6, 6.07) is -0.821. The lowest BCUT2D eigenvalue weighted by molar-refractivity contribution is -0.150. The Kier molecular flexibility index (Phi) is 4.73. The Morgan fingerprint density at radius 1 is 1.50 bits per heavy atom. The number of alkyl halides is 3. The third kappa shape index (κ3) is 2.59. The number of nitrogens with one attached hydrogen (secondary N) is 1. The minimum atomic E-state index is -1.28. The molecule has 20 heavy (non-hydrogen) atoms. The molecule has 110 valence electrons. The molecule has 2 amide bonds. The second kappa shape index (κ2) is 6.01. The molecule has 0 aliphatic carbocycles. The molecule has 0 bridgehead atoms. The number of nitrogens with zero attached hydrogens (tertiary/aromatic N) is 1. The van der Waals surface area contributed by atoms with E-state index in [4.69, 9.17) is 34.8 Å². The number of rotatable bonds is 4. The van der Waals surface area contributed by atoms with Crippen LogP contribution in [-0.4, -0.2) is 55.7 Å². The van der Waals surface area contributed by atoms with Crippen molar-refractivity contribution < 1.29 is 19.5 Å². The van der Waals surface area contributed by atoms with Crippen molar-refractivity contribution in [3.05, 3.63) is 11.3 Å². The van der Waals surface area contributed by atoms with Crippen molar-refractivity contribution in [2.75, 3.05) is 11.6 Å². The van der Waals surface area contributed by atoms with Gasteiger partial charge in [0.1, 0.15) is 17.1 Å². The summed E-state index contributed by atoms with van der Waals surface area (Å²) in [5.74, 6) is -1.98. The third-order valence-corrected chi connectivity index (χ3v) is 4.97. The summed E-state index contributed by atoms with van der Waals surface area (Å²) < 4.78 is 0. The van der Waals surface area contributed by atoms with Crippen LogP contribution in [-0.2, 0) is 14.4 Å². The van der Waals surface area contributed by atoms with Crippen LogP contribution >= 0.6 is 46.6 Å². The Morgan fingerprint density at radius 3 is 2.65 bits per heavy atom. The topological polar surface area (TPSA) is 86.7 Å². The van der Waals surface area contributed by atoms with E-state index >= 15 is 0 Å². The molecule has 2 rings (SSSR count). The molecule has 2 heterocycles. The number of amides is 2. The Labute approximate surface area is 133 Å². The van der Waals surface area contributed by atoms with Gasteiger partial charge in [0.15, 0.2) is 4.84 Å². The Hall–Kier alpha value is -0.630. The van der Waals surface area contributed by atoms with E-state index in [0.29, 0.717) is 11.3 Å². The van der Waals surface area contributed by atoms with Crippen molar-refractivity contribution in [2.24, 2.45) is 0 Å². The summed E-state index contributed by atoms with van der Waals surface area (Å²) in [5.41, 5.74) is 0.374. The summed E-state index contributed by atoms with van der Waals surface area (Å²) in [7, 11) is 0. The van der Waals surface area contributed by atoms with Gasteiger partial charge in [0.2, 0.25) is 0 Å². The zero-order chi connectivity index (χ0) is 15.0. The molecule has 0 radical (unpaired) electrons. The van der Waals surface area contributed by atoms with E-state index in [-0.39, 0.29) is 11.6 Å². The molecular formula is C10H9Cl3N2O4S. The van der Waals surface area contributed by atoms with Gasteiger partial charge < -0.3 is 10.4 Å². The fourth-order valence-electron chi connectivity index (χ4n) is 2.00. The van der Waals surface area contributed by atoms with Crippen LogP contribution in [0.1, 0.15) is 0 Å². The van der Waals surface area contributed by atoms with Crippen molar-refractivity contribution in [2.45, 2.75) is 16.3 Å². The summed E-state index contributed by atoms with van der Waals surface area (Å²) in [4.78, 5) is 34.5. The molecule has 2 aliphatic heterocycles. The molecule has 0 aromatic rings. The van der Waals surface area contributed by atoms with Crippen molar-refractivity contribution >= 4 is 64.3 Å². The Bertz CT molecular complexity index is 511. The monoisotopic (exact) mass is 358 g/mol. The lowest BCUT2D eigenvalue weighted by Gasteiger charge is -2.49. The predicted octanol–water partition coefficient (Wildman–Crippen LogP) is 0.767. The largest absolute Gasteiger partial charge is 0.477 e. The van der Waals surface area contributed by atoms with Crippen molar-refractivity contribution in [3.8, 4) is 0 Å². The number of carbonyl (C=O) groups is 3. The maximum atomic E-state index is 12.0. The normalized spacial score (nSPS) is 25.4. The first kappa shape index (κ1) is 15.8. The van der Waals surface area contributed by atoms with Crippen LogP contribution in [0.4, 0.5) is 0 Å². The zero-order valence-electron chi connectivity index (χ0n) is 9.81. The second-order valence-corrected chi connectivity index (χ2v) is 6.56. The highest BCUT2D eigenvalue weighted by molar-refractivity contribution is 8.00. The number of hydrogen-bond donors (Lipinski definition) is 2. The van der Waals surface area contributed by atoms with Crippen LogP contribution in [0.2, 0.25) is 0 Å². The second-order valence-electron chi connectivity index (χ2n) is 4.09. The van der Waals surface area contributed by atoms with Gasteiger partial charge in [-0.1, -0.05) is 23.2 Å². The molecule has 1 unspecified atom stereocenters. The molecule has 2 aliphatic rings. The molecular weight excluding hydrogens is 351 g/mol. The van der Waals surface area contributed by atoms with Gasteiger partial charge in [0.05, 0.1) is 0 Å². The molecule has 0 aromatic heterocycles. The molecule has 0 saturated carbocycles. The summed E-state index contributed by atoms with van der Waals surface area (Å²) in [6.07, 6.45) is 0. The van der Waals surface area contributed by atoms with E-state index in [1.807, 2.05) is 0 Å². The number of carboxylic acid groups (broad SMARTS) is 1. The van der Waals surface area contributed by atoms with Gasteiger partial charge in [-0.05, 0) is 5.57 Å². The van der Waals surface area contributed by atoms with E-state index in [9.17, 15) is 19.5 Å². The molecule has 6 nitrogen and oxygen atoms in total. The molecule has 2 atom stereocenters. The SMILES string of the molecule is O=C(O)C1=C(CCl)CS[C@@H]2C(NC(=O)C(Cl)Cl)C(=O)N12. The number of β-lactam (4-membered cyclic amide) rings is 1. The fourth-order valence-corrected chi connectivity index (χ4v) is 3.81. The van der Waals surface area contributed by atoms with Gasteiger partial charge in [0.25, 0.3) is 11.8 Å². The van der Waals surface area contributed by atoms with Crippen LogP contribution < -0.4 is 5.32 Å². The van der Waals surface area contributed by atoms with E-state index in [1.165, 1.54) is 11.8 Å². The molecule has 0 spiro atoms. The minimum absolute atomic E-state index is 0.0353. The molecule has 2 N–H and O–H groups in total. The first-order valence-electron chi connectivity index (χ1n) is 5.43. The molecule has 10 heteroatoms. The van der Waals surface area contributed by atoms with Crippen LogP contribution in [0.3, 0.4) is 0 Å². The van der Waals surface area contributed by atoms with Gasteiger partial charge in [-0.2, -0.15) is 0 Å². The first-order chi connectivity index (χ1) is 9.38. The van der Waals surface area contributed by atoms with Crippen molar-refractivity contribution in [1.29, 1.82) is 0 Å². The van der Waals surface area contributed by atoms with Gasteiger partial charge in [-0.15, -0.1) is 23.4 Å². The number of thioether (sulfide) groups is 1. The highest BCUT2D eigenvalue weighted by Crippen LogP contribution is 2.40. The first-order valence-corrected chi connectivity index (χ1v) is 7.88. The summed E-state index contributed by atoms with van der Waals surface area (Å²) in [5, 5.41) is 11.1. The van der Waals surface area contributed by atoms with E-state index in [2.05, 4.69) is 5.32 Å². The molecule has 1 fully saturated rings. The third-order valence-electron chi connectivity index (χ3n) is 2.91. The van der Waals surface area contributed by atoms with Gasteiger partial charge in [-0.25, -0.2) is 4.79 Å². The predicted molar refractivity (Wildman–Crippen MR) is 75.9 cm³/mol. The average molecular weight is 360 g/mol. The van der Waals surface area contributed by atoms with Crippen LogP contribution in [0.25, 0.3) is 0 Å². The zero-order valence-corrected chi connectivity index (χ0v) is 12.9. The summed E-state index contributed by atoms with van der Waals surface area (Å²) in [6.45, 7) is 0. The van der Waals surface area contributed by atoms with Crippen LogP contribution in [0, 0.1) is 0 Å². The average Bonchev–Trinajstić information content (AvgIpc) is 2.42. The maximum absolute atomic E-state index is 12.0. The quantitative estimate of drug-likeness (QED) is 0.572. The van der Waals surface area contributed by atoms with Gasteiger partial charge in [-0.3, -0.25) is 14.5 Å². The minimum Gasteiger partial charge on any atom is -0.477 e. The highest BCUT2D eigenvalue weighted by atomic mass is 35.5. The molecule has 1 saturated heterocycles. The lowest BCUT2D eigenvalue weighted by atomic mass is 10.0. The number of aliphatic carboxylic acids is 1. The van der Waals surface area contributed by atoms with E-state index < -0.39 is 34.0 Å². The van der Waals surface area contributed by atoms with Crippen molar-refractivity contribution in [1.82, 2.24) is 10.2 Å². The highest BCUT2D eigenvalue weighted by Gasteiger charge is 2.54. The summed E-state index contributed by atoms with van der Waals surface area (Å²) >= 11 is 17.8. The van der Waals surface area contributed by atoms with E-state index in [0.717, 1.165) is 4.90 Å². The van der Waals surface area contributed by atoms with Gasteiger partial charge in [0, 0.05) is 11.6 Å². The van der Waals surface area contributed by atoms with Gasteiger partial charge >= 0.3 is 5.97 Å². The molecule has 0 aromatic carbocycles. The fraction of sp³-hybridized carbons (Fsp3) is 0.500. The number of halogens is 3. The van der Waals surface area contributed by atoms with E-state index in [1.54, 1.807) is 0 Å². The standard InChI is InChI=1S/C10H9Cl3N2O4S/c11-1-3-2-20-9-4(14-7(16)6(12)13)8(17)15(9)5(3)10(18)19/h4,6,9H,1-2H2,(H,14,16)(H,18,19)/t4?,9-/m1/s1. The Balaban J connectivity index is 2.19. The number of carbonyl (C=O) groups excluding carboxylic acids is 2. The van der Waals surface area contributed by atoms with Crippen LogP contribution in [0.5, 0.6) is 0 Å². The van der Waals surface area contributed by atoms with Crippen molar-refractivity contribution in [3.63, 3.8) is 0 Å². The Morgan fingerprint density at radius 2 is 2.15 bits per heavy atom. The number of hydrogen-bond acceptors (Lipinski definition) is 4. The number of carboxylic acids is 1. The number of fused-ring (bicyclic) bond motifs is 1. The maximum Gasteiger partial charge on any atom is 0.352 e. The van der Waals surface area contributed by atoms with Crippen LogP contribution in [0.15, 0.2) is 11.3 Å². The lowest BCUT2D eigenvalue weighted by Crippen LogP contribution is -2.71. The smallest absolute Gasteiger partial charge is 0.352 e.